The number of urea groups is 1. The van der Waals surface area contributed by atoms with Crippen molar-refractivity contribution in [2.24, 2.45) is 0 Å². The first kappa shape index (κ1) is 17.7. The second kappa shape index (κ2) is 8.29. The molecule has 0 radical (unpaired) electrons. The summed E-state index contributed by atoms with van der Waals surface area (Å²) in [6.45, 7) is 8.08. The molecule has 0 bridgehead atoms. The molecule has 2 N–H and O–H groups in total. The predicted octanol–water partition coefficient (Wildman–Crippen LogP) is 3.13. The maximum Gasteiger partial charge on any atom is 0.315 e. The third-order valence-electron chi connectivity index (χ3n) is 3.34. The minimum Gasteiger partial charge on any atom is -0.491 e. The lowest BCUT2D eigenvalue weighted by Crippen LogP contribution is -2.36. The molecule has 0 aliphatic heterocycles. The van der Waals surface area contributed by atoms with E-state index in [4.69, 9.17) is 4.74 Å². The highest BCUT2D eigenvalue weighted by molar-refractivity contribution is 5.74. The molecular weight excluding hydrogens is 304 g/mol. The van der Waals surface area contributed by atoms with Gasteiger partial charge >= 0.3 is 6.03 Å². The van der Waals surface area contributed by atoms with Gasteiger partial charge in [-0.1, -0.05) is 12.1 Å². The molecule has 1 aromatic carbocycles. The Morgan fingerprint density at radius 1 is 1.25 bits per heavy atom. The van der Waals surface area contributed by atoms with Crippen LogP contribution >= 0.6 is 0 Å². The Hall–Kier alpha value is -2.63. The van der Waals surface area contributed by atoms with E-state index in [0.29, 0.717) is 12.4 Å². The molecule has 0 fully saturated rings. The van der Waals surface area contributed by atoms with E-state index in [0.717, 1.165) is 17.0 Å². The molecule has 2 amide bonds. The van der Waals surface area contributed by atoms with Gasteiger partial charge in [0, 0.05) is 6.20 Å². The summed E-state index contributed by atoms with van der Waals surface area (Å²) in [4.78, 5) is 20.3. The summed E-state index contributed by atoms with van der Waals surface area (Å²) in [7, 11) is 0. The Morgan fingerprint density at radius 3 is 2.75 bits per heavy atom. The molecule has 0 unspecified atom stereocenters. The van der Waals surface area contributed by atoms with Gasteiger partial charge in [0.1, 0.15) is 11.6 Å². The number of rotatable bonds is 6. The molecule has 0 aliphatic carbocycles. The summed E-state index contributed by atoms with van der Waals surface area (Å²) >= 11 is 0. The molecule has 1 aromatic heterocycles. The fourth-order valence-electron chi connectivity index (χ4n) is 2.23. The third-order valence-corrected chi connectivity index (χ3v) is 3.34. The number of carbonyl (C=O) groups is 1. The number of nitrogens with zero attached hydrogens (tertiary/aromatic N) is 2. The van der Waals surface area contributed by atoms with Gasteiger partial charge in [0.2, 0.25) is 0 Å². The molecule has 2 rings (SSSR count). The molecule has 6 heteroatoms. The lowest BCUT2D eigenvalue weighted by molar-refractivity contribution is 0.236. The summed E-state index contributed by atoms with van der Waals surface area (Å²) in [5.74, 6) is 1.48. The Balaban J connectivity index is 1.89. The molecule has 1 atom stereocenters. The van der Waals surface area contributed by atoms with Crippen molar-refractivity contribution < 1.29 is 9.53 Å². The Labute approximate surface area is 142 Å². The lowest BCUT2D eigenvalue weighted by atomic mass is 10.1. The van der Waals surface area contributed by atoms with E-state index in [1.54, 1.807) is 12.3 Å². The molecule has 2 aromatic rings. The summed E-state index contributed by atoms with van der Waals surface area (Å²) < 4.78 is 5.68. The van der Waals surface area contributed by atoms with Crippen LogP contribution in [-0.2, 0) is 6.54 Å². The predicted molar refractivity (Wildman–Crippen MR) is 92.8 cm³/mol. The molecule has 24 heavy (non-hydrogen) atoms. The molecule has 128 valence electrons. The number of aryl methyl sites for hydroxylation is 1. The first-order valence-corrected chi connectivity index (χ1v) is 8.03. The molecule has 0 spiro atoms. The quantitative estimate of drug-likeness (QED) is 0.854. The second-order valence-electron chi connectivity index (χ2n) is 5.88. The van der Waals surface area contributed by atoms with Crippen molar-refractivity contribution >= 4 is 6.03 Å². The van der Waals surface area contributed by atoms with E-state index in [-0.39, 0.29) is 18.2 Å². The van der Waals surface area contributed by atoms with Crippen molar-refractivity contribution in [1.29, 1.82) is 0 Å². The van der Waals surface area contributed by atoms with Gasteiger partial charge in [-0.15, -0.1) is 0 Å². The monoisotopic (exact) mass is 328 g/mol. The number of ether oxygens (including phenoxy) is 1. The standard InChI is InChI=1S/C18H24N4O2/c1-12(2)24-17-7-5-6-15(10-17)13(3)21-18(23)20-11-16-8-9-19-14(4)22-16/h5-10,12-13H,11H2,1-4H3,(H2,20,21,23)/t13-/m0/s1. The normalized spacial score (nSPS) is 11.9. The Kier molecular flexibility index (Phi) is 6.12. The molecule has 0 saturated carbocycles. The van der Waals surface area contributed by atoms with Crippen LogP contribution in [0, 0.1) is 6.92 Å². The van der Waals surface area contributed by atoms with Crippen LogP contribution in [0.1, 0.15) is 43.9 Å². The average Bonchev–Trinajstić information content (AvgIpc) is 2.52. The van der Waals surface area contributed by atoms with Crippen LogP contribution in [0.25, 0.3) is 0 Å². The van der Waals surface area contributed by atoms with Crippen molar-refractivity contribution in [3.63, 3.8) is 0 Å². The highest BCUT2D eigenvalue weighted by Crippen LogP contribution is 2.20. The summed E-state index contributed by atoms with van der Waals surface area (Å²) in [6, 6.07) is 9.15. The average molecular weight is 328 g/mol. The number of hydrogen-bond acceptors (Lipinski definition) is 4. The van der Waals surface area contributed by atoms with Crippen LogP contribution < -0.4 is 15.4 Å². The first-order chi connectivity index (χ1) is 11.4. The Morgan fingerprint density at radius 2 is 2.04 bits per heavy atom. The van der Waals surface area contributed by atoms with Gasteiger partial charge in [-0.2, -0.15) is 0 Å². The zero-order valence-electron chi connectivity index (χ0n) is 14.5. The minimum absolute atomic E-state index is 0.114. The summed E-state index contributed by atoms with van der Waals surface area (Å²) in [6.07, 6.45) is 1.79. The fraction of sp³-hybridized carbons (Fsp3) is 0.389. The summed E-state index contributed by atoms with van der Waals surface area (Å²) in [5, 5.41) is 5.71. The van der Waals surface area contributed by atoms with Crippen LogP contribution in [0.5, 0.6) is 5.75 Å². The van der Waals surface area contributed by atoms with E-state index >= 15 is 0 Å². The molecular formula is C18H24N4O2. The van der Waals surface area contributed by atoms with Crippen molar-refractivity contribution in [3.8, 4) is 5.75 Å². The number of nitrogens with one attached hydrogen (secondary N) is 2. The van der Waals surface area contributed by atoms with E-state index in [9.17, 15) is 4.79 Å². The topological polar surface area (TPSA) is 76.1 Å². The first-order valence-electron chi connectivity index (χ1n) is 8.03. The molecule has 1 heterocycles. The highest BCUT2D eigenvalue weighted by atomic mass is 16.5. The third kappa shape index (κ3) is 5.53. The maximum absolute atomic E-state index is 12.1. The molecule has 0 aliphatic rings. The smallest absolute Gasteiger partial charge is 0.315 e. The van der Waals surface area contributed by atoms with Gasteiger partial charge < -0.3 is 15.4 Å². The number of amides is 2. The van der Waals surface area contributed by atoms with Crippen molar-refractivity contribution in [1.82, 2.24) is 20.6 Å². The van der Waals surface area contributed by atoms with E-state index < -0.39 is 0 Å². The van der Waals surface area contributed by atoms with Gasteiger partial charge in [0.15, 0.2) is 0 Å². The van der Waals surface area contributed by atoms with Crippen LogP contribution in [0.3, 0.4) is 0 Å². The van der Waals surface area contributed by atoms with Crippen molar-refractivity contribution in [2.75, 3.05) is 0 Å². The second-order valence-corrected chi connectivity index (χ2v) is 5.88. The Bertz CT molecular complexity index is 688. The lowest BCUT2D eigenvalue weighted by Gasteiger charge is -2.17. The van der Waals surface area contributed by atoms with Gasteiger partial charge in [-0.05, 0) is 51.5 Å². The highest BCUT2D eigenvalue weighted by Gasteiger charge is 2.10. The van der Waals surface area contributed by atoms with Crippen LogP contribution in [-0.4, -0.2) is 22.1 Å². The fourth-order valence-corrected chi connectivity index (χ4v) is 2.23. The number of hydrogen-bond donors (Lipinski definition) is 2. The number of carbonyl (C=O) groups excluding carboxylic acids is 1. The van der Waals surface area contributed by atoms with E-state index in [1.165, 1.54) is 0 Å². The maximum atomic E-state index is 12.1. The van der Waals surface area contributed by atoms with Gasteiger partial charge in [0.25, 0.3) is 0 Å². The van der Waals surface area contributed by atoms with Crippen molar-refractivity contribution in [3.05, 3.63) is 53.6 Å². The number of aromatic nitrogens is 2. The zero-order chi connectivity index (χ0) is 17.5. The van der Waals surface area contributed by atoms with Crippen LogP contribution in [0.4, 0.5) is 4.79 Å². The zero-order valence-corrected chi connectivity index (χ0v) is 14.5. The van der Waals surface area contributed by atoms with E-state index in [1.807, 2.05) is 52.0 Å². The number of benzene rings is 1. The van der Waals surface area contributed by atoms with Gasteiger partial charge in [0.05, 0.1) is 24.4 Å². The SMILES string of the molecule is Cc1nccc(CNC(=O)N[C@@H](C)c2cccc(OC(C)C)c2)n1. The summed E-state index contributed by atoms with van der Waals surface area (Å²) in [5.41, 5.74) is 1.76. The van der Waals surface area contributed by atoms with E-state index in [2.05, 4.69) is 20.6 Å². The molecule has 0 saturated heterocycles. The molecule has 6 nitrogen and oxygen atoms in total. The van der Waals surface area contributed by atoms with Gasteiger partial charge in [-0.3, -0.25) is 0 Å². The van der Waals surface area contributed by atoms with Crippen LogP contribution in [0.2, 0.25) is 0 Å². The van der Waals surface area contributed by atoms with Crippen LogP contribution in [0.15, 0.2) is 36.5 Å². The van der Waals surface area contributed by atoms with Gasteiger partial charge in [-0.25, -0.2) is 14.8 Å². The largest absolute Gasteiger partial charge is 0.491 e. The van der Waals surface area contributed by atoms with Crippen molar-refractivity contribution in [2.45, 2.75) is 46.4 Å². The minimum atomic E-state index is -0.242.